The van der Waals surface area contributed by atoms with Gasteiger partial charge in [-0.2, -0.15) is 0 Å². The number of carbonyl (C=O) groups excluding carboxylic acids is 2. The Labute approximate surface area is 347 Å². The van der Waals surface area contributed by atoms with Gasteiger partial charge in [-0.25, -0.2) is 29.1 Å². The smallest absolute Gasteiger partial charge is 0.407 e. The Kier molecular flexibility index (Phi) is 15.4. The highest BCUT2D eigenvalue weighted by Crippen LogP contribution is 2.12. The number of aryl methyl sites for hydroxylation is 2. The van der Waals surface area contributed by atoms with Gasteiger partial charge >= 0.3 is 23.6 Å². The van der Waals surface area contributed by atoms with Crippen LogP contribution in [0.5, 0.6) is 0 Å². The summed E-state index contributed by atoms with van der Waals surface area (Å²) in [5, 5.41) is 6.26. The lowest BCUT2D eigenvalue weighted by Gasteiger charge is -2.19. The Hall–Kier alpha value is -6.24. The molecule has 19 heteroatoms. The molecule has 4 heterocycles. The van der Waals surface area contributed by atoms with Crippen LogP contribution in [0.2, 0.25) is 0 Å². The van der Waals surface area contributed by atoms with Gasteiger partial charge in [0.15, 0.2) is 22.3 Å². The van der Waals surface area contributed by atoms with Crippen LogP contribution in [0.15, 0.2) is 80.4 Å². The fraction of sp³-hybridized carbons (Fsp3) is 0.400. The first-order valence-corrected chi connectivity index (χ1v) is 19.9. The first-order chi connectivity index (χ1) is 27.8. The molecule has 0 spiro atoms. The highest BCUT2D eigenvalue weighted by Gasteiger charge is 2.17. The van der Waals surface area contributed by atoms with Crippen LogP contribution >= 0.6 is 15.9 Å². The summed E-state index contributed by atoms with van der Waals surface area (Å²) in [6.45, 7) is 17.1. The van der Waals surface area contributed by atoms with Crippen molar-refractivity contribution >= 4 is 50.4 Å². The molecule has 0 saturated heterocycles. The van der Waals surface area contributed by atoms with E-state index in [1.165, 1.54) is 16.5 Å². The minimum atomic E-state index is -0.548. The van der Waals surface area contributed by atoms with Gasteiger partial charge in [0.2, 0.25) is 0 Å². The molecule has 5 N–H and O–H groups in total. The fourth-order valence-corrected chi connectivity index (χ4v) is 5.80. The van der Waals surface area contributed by atoms with Gasteiger partial charge in [0.25, 0.3) is 11.1 Å². The summed E-state index contributed by atoms with van der Waals surface area (Å²) in [5.41, 5.74) is 2.63. The number of fused-ring (bicyclic) bond motifs is 2. The predicted octanol–water partition coefficient (Wildman–Crippen LogP) is 5.02. The van der Waals surface area contributed by atoms with Crippen molar-refractivity contribution in [2.45, 2.75) is 105 Å². The lowest BCUT2D eigenvalue weighted by molar-refractivity contribution is 0.0512. The minimum Gasteiger partial charge on any atom is -0.444 e. The largest absolute Gasteiger partial charge is 0.444 e. The van der Waals surface area contributed by atoms with Crippen molar-refractivity contribution in [2.24, 2.45) is 0 Å². The molecule has 6 rings (SSSR count). The quantitative estimate of drug-likeness (QED) is 0.122. The number of alkyl halides is 1. The van der Waals surface area contributed by atoms with Gasteiger partial charge in [-0.3, -0.25) is 29.1 Å². The van der Waals surface area contributed by atoms with Gasteiger partial charge in [0, 0.05) is 31.5 Å². The second-order valence-electron chi connectivity index (χ2n) is 15.2. The minimum absolute atomic E-state index is 0.270. The summed E-state index contributed by atoms with van der Waals surface area (Å²) in [7, 11) is 0. The molecule has 0 radical (unpaired) electrons. The van der Waals surface area contributed by atoms with E-state index in [4.69, 9.17) is 9.47 Å². The molecule has 59 heavy (non-hydrogen) atoms. The molecule has 2 amide bonds. The normalized spacial score (nSPS) is 11.3. The van der Waals surface area contributed by atoms with Crippen LogP contribution < -0.4 is 33.1 Å². The number of benzene rings is 2. The molecule has 0 fully saturated rings. The van der Waals surface area contributed by atoms with Crippen molar-refractivity contribution in [1.29, 1.82) is 0 Å². The van der Waals surface area contributed by atoms with E-state index in [1.807, 2.05) is 83.1 Å². The molecule has 0 aliphatic heterocycles. The van der Waals surface area contributed by atoms with Crippen molar-refractivity contribution in [2.75, 3.05) is 0 Å². The van der Waals surface area contributed by atoms with Crippen molar-refractivity contribution in [3.8, 4) is 0 Å². The van der Waals surface area contributed by atoms with E-state index in [9.17, 15) is 28.8 Å². The van der Waals surface area contributed by atoms with Crippen molar-refractivity contribution in [3.63, 3.8) is 0 Å². The Morgan fingerprint density at radius 1 is 0.661 bits per heavy atom. The Bertz CT molecular complexity index is 2590. The van der Waals surface area contributed by atoms with Gasteiger partial charge in [0.05, 0.1) is 19.2 Å². The SMILES string of the molecule is CC(C)(C)OC(=O)NCc1ccc(CBr)cc1.CCn1cnc2[nH]c(=O)[nH]c(=O)c21.CCn1cnc2c1c(=O)[nH]c(=O)n2Cc1ccc(CNC(=O)OC(C)(C)C)cc1. The van der Waals surface area contributed by atoms with E-state index in [2.05, 4.69) is 51.5 Å². The summed E-state index contributed by atoms with van der Waals surface area (Å²) < 4.78 is 15.2. The molecule has 0 aliphatic carbocycles. The van der Waals surface area contributed by atoms with Crippen LogP contribution in [-0.4, -0.2) is 62.0 Å². The average molecular weight is 880 g/mol. The van der Waals surface area contributed by atoms with Gasteiger partial charge in [-0.1, -0.05) is 64.5 Å². The first-order valence-electron chi connectivity index (χ1n) is 18.8. The number of aromatic amines is 3. The molecule has 4 aromatic heterocycles. The van der Waals surface area contributed by atoms with Gasteiger partial charge in [-0.15, -0.1) is 0 Å². The van der Waals surface area contributed by atoms with Crippen LogP contribution in [0.1, 0.15) is 77.6 Å². The number of carbonyl (C=O) groups is 2. The summed E-state index contributed by atoms with van der Waals surface area (Å²) in [6.07, 6.45) is 2.22. The van der Waals surface area contributed by atoms with Crippen LogP contribution in [0.25, 0.3) is 22.3 Å². The standard InChI is InChI=1S/C20H25N5O4.C13H18BrNO2.C7H8N4O2/c1-5-24-12-22-16-15(24)17(26)23-18(27)25(16)11-14-8-6-13(7-9-14)10-21-19(28)29-20(2,3)4;1-13(2,3)17-12(16)15-9-11-6-4-10(8-14)5-7-11;1-2-11-3-8-5-4(11)6(12)10-7(13)9-5/h6-9,12H,5,10-11H2,1-4H3,(H,21,28)(H,23,26,27);4-7H,8-9H2,1-3H3,(H,15,16);3H,2H2,1H3,(H2,9,10,12,13). The van der Waals surface area contributed by atoms with E-state index >= 15 is 0 Å². The number of aromatic nitrogens is 8. The van der Waals surface area contributed by atoms with Crippen LogP contribution in [-0.2, 0) is 47.5 Å². The maximum absolute atomic E-state index is 12.3. The van der Waals surface area contributed by atoms with Crippen LogP contribution in [0.4, 0.5) is 9.59 Å². The summed E-state index contributed by atoms with van der Waals surface area (Å²) >= 11 is 3.39. The topological polar surface area (TPSA) is 233 Å². The molecule has 0 saturated carbocycles. The molecule has 18 nitrogen and oxygen atoms in total. The average Bonchev–Trinajstić information content (AvgIpc) is 3.80. The summed E-state index contributed by atoms with van der Waals surface area (Å²) in [6, 6.07) is 15.5. The zero-order valence-corrected chi connectivity index (χ0v) is 36.0. The molecule has 0 atom stereocenters. The highest BCUT2D eigenvalue weighted by molar-refractivity contribution is 9.08. The van der Waals surface area contributed by atoms with Gasteiger partial charge in [0.1, 0.15) is 11.2 Å². The maximum Gasteiger partial charge on any atom is 0.407 e. The van der Waals surface area contributed by atoms with E-state index in [-0.39, 0.29) is 12.6 Å². The second kappa shape index (κ2) is 20.0. The van der Waals surface area contributed by atoms with Crippen molar-refractivity contribution < 1.29 is 19.1 Å². The molecule has 0 bridgehead atoms. The zero-order chi connectivity index (χ0) is 43.5. The van der Waals surface area contributed by atoms with Gasteiger partial charge in [-0.05, 0) is 77.6 Å². The molecule has 0 unspecified atom stereocenters. The Morgan fingerprint density at radius 3 is 1.61 bits per heavy atom. The van der Waals surface area contributed by atoms with E-state index < -0.39 is 39.8 Å². The predicted molar refractivity (Wildman–Crippen MR) is 228 cm³/mol. The maximum atomic E-state index is 12.3. The van der Waals surface area contributed by atoms with Gasteiger partial charge < -0.3 is 29.2 Å². The lowest BCUT2D eigenvalue weighted by Crippen LogP contribution is -2.32. The molecular weight excluding hydrogens is 828 g/mol. The number of imidazole rings is 2. The first kappa shape index (κ1) is 45.5. The summed E-state index contributed by atoms with van der Waals surface area (Å²) in [5.74, 6) is 0. The second-order valence-corrected chi connectivity index (χ2v) is 15.7. The zero-order valence-electron chi connectivity index (χ0n) is 34.4. The van der Waals surface area contributed by atoms with Crippen LogP contribution in [0.3, 0.4) is 0 Å². The molecular formula is C40H51BrN10O8. The Balaban J connectivity index is 0.000000216. The third kappa shape index (κ3) is 13.4. The third-order valence-corrected chi connectivity index (χ3v) is 8.81. The van der Waals surface area contributed by atoms with E-state index in [0.29, 0.717) is 48.5 Å². The number of amides is 2. The number of hydrogen-bond donors (Lipinski definition) is 5. The van der Waals surface area contributed by atoms with Crippen LogP contribution in [0, 0.1) is 0 Å². The fourth-order valence-electron chi connectivity index (χ4n) is 5.43. The summed E-state index contributed by atoms with van der Waals surface area (Å²) in [4.78, 5) is 84.8. The number of ether oxygens (including phenoxy) is 2. The Morgan fingerprint density at radius 2 is 1.12 bits per heavy atom. The van der Waals surface area contributed by atoms with Crippen molar-refractivity contribution in [1.82, 2.24) is 49.3 Å². The molecule has 6 aromatic rings. The number of hydrogen-bond acceptors (Lipinski definition) is 10. The number of H-pyrrole nitrogens is 3. The van der Waals surface area contributed by atoms with Crippen molar-refractivity contribution in [3.05, 3.63) is 125 Å². The number of alkyl carbamates (subject to hydrolysis) is 2. The number of halogens is 1. The molecule has 2 aromatic carbocycles. The monoisotopic (exact) mass is 878 g/mol. The number of rotatable bonds is 9. The molecule has 0 aliphatic rings. The number of nitrogens with one attached hydrogen (secondary N) is 5. The van der Waals surface area contributed by atoms with E-state index in [0.717, 1.165) is 22.0 Å². The molecule has 316 valence electrons. The highest BCUT2D eigenvalue weighted by atomic mass is 79.9. The van der Waals surface area contributed by atoms with E-state index in [1.54, 1.807) is 36.2 Å². The third-order valence-electron chi connectivity index (χ3n) is 8.16. The lowest BCUT2D eigenvalue weighted by atomic mass is 10.1. The number of nitrogens with zero attached hydrogens (tertiary/aromatic N) is 5.